The van der Waals surface area contributed by atoms with E-state index in [9.17, 15) is 14.4 Å². The summed E-state index contributed by atoms with van der Waals surface area (Å²) in [5.74, 6) is 1.22. The Bertz CT molecular complexity index is 2420. The Hall–Kier alpha value is -5.66. The predicted octanol–water partition coefficient (Wildman–Crippen LogP) is 8.52. The van der Waals surface area contributed by atoms with Gasteiger partial charge in [0.25, 0.3) is 0 Å². The maximum absolute atomic E-state index is 16.2. The van der Waals surface area contributed by atoms with Crippen LogP contribution in [-0.4, -0.2) is 86.0 Å². The number of imidazole rings is 2. The van der Waals surface area contributed by atoms with Crippen molar-refractivity contribution in [2.45, 2.75) is 115 Å². The van der Waals surface area contributed by atoms with Crippen LogP contribution in [0.25, 0.3) is 22.1 Å². The first-order valence-electron chi connectivity index (χ1n) is 21.8. The molecule has 4 aliphatic rings. The fourth-order valence-electron chi connectivity index (χ4n) is 10.0. The van der Waals surface area contributed by atoms with Crippen LogP contribution >= 0.6 is 0 Å². The molecule has 3 aromatic carbocycles. The molecule has 4 fully saturated rings. The number of hydrogen-bond donors (Lipinski definition) is 3. The van der Waals surface area contributed by atoms with Crippen LogP contribution in [0, 0.1) is 5.82 Å². The molecule has 4 atom stereocenters. The van der Waals surface area contributed by atoms with Gasteiger partial charge >= 0.3 is 6.09 Å². The van der Waals surface area contributed by atoms with Crippen molar-refractivity contribution in [1.29, 1.82) is 0 Å². The highest BCUT2D eigenvalue weighted by Crippen LogP contribution is 2.48. The quantitative estimate of drug-likeness (QED) is 0.142. The molecule has 0 aliphatic carbocycles. The standard InChI is InChI=1S/C46H56FN9O4/c1-28(57)54-22-8-10-40(54)43-49-33-15-12-29(24-35(33)51-43)37-18-19-38(56(37)31-14-17-39(32(47)26-31)53-20-6-5-7-21-53)30-13-16-34-36(25-30)52-44(50-34)41-11-9-23-55(41)42(58)27-48-45(59)60-46(2,3)4/h12-17,24-26,37-38,40-41H,5-11,18-23,27H2,1-4H3,(H,48,59)(H,49,51)(H,50,52)/t37-,38-,40-,41-/m0/s1. The number of piperidine rings is 1. The second-order valence-electron chi connectivity index (χ2n) is 18.0. The molecule has 0 radical (unpaired) electrons. The average Bonchev–Trinajstić information content (AvgIpc) is 4.07. The maximum Gasteiger partial charge on any atom is 0.408 e. The fourth-order valence-corrected chi connectivity index (χ4v) is 10.0. The fraction of sp³-hybridized carbons (Fsp3) is 0.500. The van der Waals surface area contributed by atoms with E-state index in [1.165, 1.54) is 6.42 Å². The minimum absolute atomic E-state index is 0.0352. The summed E-state index contributed by atoms with van der Waals surface area (Å²) in [7, 11) is 0. The van der Waals surface area contributed by atoms with E-state index in [1.54, 1.807) is 38.7 Å². The molecule has 4 aliphatic heterocycles. The van der Waals surface area contributed by atoms with E-state index < -0.39 is 11.7 Å². The Morgan fingerprint density at radius 3 is 1.88 bits per heavy atom. The van der Waals surface area contributed by atoms with E-state index in [0.717, 1.165) is 122 Å². The third-order valence-electron chi connectivity index (χ3n) is 12.8. The van der Waals surface area contributed by atoms with Crippen LogP contribution in [0.5, 0.6) is 0 Å². The van der Waals surface area contributed by atoms with Crippen molar-refractivity contribution < 1.29 is 23.5 Å². The molecule has 0 saturated carbocycles. The Kier molecular flexibility index (Phi) is 10.7. The first-order valence-corrected chi connectivity index (χ1v) is 21.8. The summed E-state index contributed by atoms with van der Waals surface area (Å²) in [4.78, 5) is 63.2. The molecular formula is C46H56FN9O4. The zero-order chi connectivity index (χ0) is 41.7. The molecule has 5 aromatic rings. The third-order valence-corrected chi connectivity index (χ3v) is 12.8. The number of anilines is 2. The van der Waals surface area contributed by atoms with Crippen LogP contribution in [0.15, 0.2) is 54.6 Å². The minimum Gasteiger partial charge on any atom is -0.444 e. The molecule has 3 N–H and O–H groups in total. The summed E-state index contributed by atoms with van der Waals surface area (Å²) < 4.78 is 21.5. The van der Waals surface area contributed by atoms with Crippen molar-refractivity contribution in [3.8, 4) is 0 Å². The van der Waals surface area contributed by atoms with Crippen LogP contribution < -0.4 is 15.1 Å². The van der Waals surface area contributed by atoms with Crippen LogP contribution in [-0.2, 0) is 14.3 Å². The third kappa shape index (κ3) is 7.88. The second kappa shape index (κ2) is 16.1. The van der Waals surface area contributed by atoms with Crippen molar-refractivity contribution in [3.63, 3.8) is 0 Å². The van der Waals surface area contributed by atoms with E-state index in [-0.39, 0.29) is 48.3 Å². The molecule has 4 saturated heterocycles. The number of halogens is 1. The van der Waals surface area contributed by atoms with Gasteiger partial charge in [-0.15, -0.1) is 0 Å². The van der Waals surface area contributed by atoms with E-state index in [2.05, 4.69) is 61.5 Å². The summed E-state index contributed by atoms with van der Waals surface area (Å²) in [6.45, 7) is 9.88. The number of nitrogens with zero attached hydrogens (tertiary/aromatic N) is 6. The number of likely N-dealkylation sites (tertiary alicyclic amines) is 2. The van der Waals surface area contributed by atoms with Crippen molar-refractivity contribution in [2.75, 3.05) is 42.5 Å². The van der Waals surface area contributed by atoms with Gasteiger partial charge in [0, 0.05) is 38.8 Å². The number of carbonyl (C=O) groups excluding carboxylic acids is 3. The zero-order valence-corrected chi connectivity index (χ0v) is 35.1. The van der Waals surface area contributed by atoms with Crippen molar-refractivity contribution in [2.24, 2.45) is 0 Å². The van der Waals surface area contributed by atoms with Gasteiger partial charge in [-0.2, -0.15) is 0 Å². The Labute approximate surface area is 350 Å². The number of nitrogens with one attached hydrogen (secondary N) is 3. The number of alkyl carbamates (subject to hydrolysis) is 1. The highest BCUT2D eigenvalue weighted by Gasteiger charge is 2.38. The molecule has 0 bridgehead atoms. The van der Waals surface area contributed by atoms with E-state index in [4.69, 9.17) is 14.7 Å². The van der Waals surface area contributed by atoms with Gasteiger partial charge in [-0.1, -0.05) is 12.1 Å². The lowest BCUT2D eigenvalue weighted by Gasteiger charge is -2.34. The number of amides is 3. The number of fused-ring (bicyclic) bond motifs is 2. The van der Waals surface area contributed by atoms with Gasteiger partial charge in [0.1, 0.15) is 29.6 Å². The van der Waals surface area contributed by atoms with Gasteiger partial charge in [-0.3, -0.25) is 9.59 Å². The number of H-pyrrole nitrogens is 2. The number of carbonyl (C=O) groups is 3. The summed E-state index contributed by atoms with van der Waals surface area (Å²) in [5, 5.41) is 2.60. The highest BCUT2D eigenvalue weighted by molar-refractivity contribution is 5.83. The van der Waals surface area contributed by atoms with Crippen LogP contribution in [0.4, 0.5) is 20.6 Å². The lowest BCUT2D eigenvalue weighted by Crippen LogP contribution is -2.41. The molecule has 0 spiro atoms. The van der Waals surface area contributed by atoms with E-state index >= 15 is 4.39 Å². The van der Waals surface area contributed by atoms with Crippen molar-refractivity contribution in [1.82, 2.24) is 35.1 Å². The molecule has 14 heteroatoms. The van der Waals surface area contributed by atoms with Crippen LogP contribution in [0.3, 0.4) is 0 Å². The van der Waals surface area contributed by atoms with Gasteiger partial charge < -0.3 is 39.6 Å². The maximum atomic E-state index is 16.2. The van der Waals surface area contributed by atoms with E-state index in [0.29, 0.717) is 12.2 Å². The lowest BCUT2D eigenvalue weighted by molar-refractivity contribution is -0.131. The lowest BCUT2D eigenvalue weighted by atomic mass is 10.0. The Morgan fingerprint density at radius 2 is 1.32 bits per heavy atom. The highest BCUT2D eigenvalue weighted by atomic mass is 19.1. The van der Waals surface area contributed by atoms with Crippen molar-refractivity contribution >= 4 is 51.3 Å². The Morgan fingerprint density at radius 1 is 0.733 bits per heavy atom. The molecule has 9 rings (SSSR count). The molecular weight excluding hydrogens is 762 g/mol. The number of aromatic amines is 2. The number of ether oxygens (including phenoxy) is 1. The summed E-state index contributed by atoms with van der Waals surface area (Å²) in [6, 6.07) is 18.1. The van der Waals surface area contributed by atoms with Gasteiger partial charge in [-0.25, -0.2) is 19.2 Å². The minimum atomic E-state index is -0.657. The first kappa shape index (κ1) is 39.8. The predicted molar refractivity (Wildman–Crippen MR) is 229 cm³/mol. The van der Waals surface area contributed by atoms with Gasteiger partial charge in [0.2, 0.25) is 11.8 Å². The van der Waals surface area contributed by atoms with Gasteiger partial charge in [0.05, 0.1) is 51.9 Å². The molecule has 316 valence electrons. The van der Waals surface area contributed by atoms with Crippen LogP contribution in [0.2, 0.25) is 0 Å². The van der Waals surface area contributed by atoms with E-state index in [1.807, 2.05) is 17.0 Å². The SMILES string of the molecule is CC(=O)N1CCC[C@H]1c1nc2ccc([C@@H]3CC[C@@H](c4ccc5nc([C@@H]6CCCN6C(=O)CNC(=O)OC(C)(C)C)[nH]c5c4)N3c3ccc(N4CCCCC4)c(F)c3)cc2[nH]1. The summed E-state index contributed by atoms with van der Waals surface area (Å²) in [5.41, 5.74) is 6.53. The monoisotopic (exact) mass is 817 g/mol. The normalized spacial score (nSPS) is 22.4. The average molecular weight is 818 g/mol. The molecule has 6 heterocycles. The number of rotatable bonds is 8. The first-order chi connectivity index (χ1) is 28.9. The molecule has 0 unspecified atom stereocenters. The smallest absolute Gasteiger partial charge is 0.408 e. The van der Waals surface area contributed by atoms with Crippen LogP contribution in [0.1, 0.15) is 132 Å². The van der Waals surface area contributed by atoms with Gasteiger partial charge in [0.15, 0.2) is 0 Å². The second-order valence-corrected chi connectivity index (χ2v) is 18.0. The molecule has 13 nitrogen and oxygen atoms in total. The van der Waals surface area contributed by atoms with Crippen molar-refractivity contribution in [3.05, 3.63) is 83.2 Å². The Balaban J connectivity index is 1.01. The molecule has 3 amide bonds. The number of benzene rings is 3. The summed E-state index contributed by atoms with van der Waals surface area (Å²) >= 11 is 0. The zero-order valence-electron chi connectivity index (χ0n) is 35.1. The number of hydrogen-bond acceptors (Lipinski definition) is 8. The summed E-state index contributed by atoms with van der Waals surface area (Å²) in [6.07, 6.45) is 7.84. The number of aromatic nitrogens is 4. The molecule has 2 aromatic heterocycles. The largest absolute Gasteiger partial charge is 0.444 e. The van der Waals surface area contributed by atoms with Gasteiger partial charge in [-0.05, 0) is 132 Å². The topological polar surface area (TPSA) is 143 Å². The molecule has 60 heavy (non-hydrogen) atoms.